The molecule has 0 saturated heterocycles. The summed E-state index contributed by atoms with van der Waals surface area (Å²) >= 11 is 0. The van der Waals surface area contributed by atoms with Gasteiger partial charge in [-0.25, -0.2) is 4.79 Å². The first kappa shape index (κ1) is 12.0. The van der Waals surface area contributed by atoms with Gasteiger partial charge >= 0.3 is 5.97 Å². The predicted octanol–water partition coefficient (Wildman–Crippen LogP) is 2.77. The molecule has 0 spiro atoms. The molecule has 2 rings (SSSR count). The second-order valence-corrected chi connectivity index (χ2v) is 3.74. The molecule has 92 valence electrons. The third-order valence-corrected chi connectivity index (χ3v) is 2.64. The fraction of sp³-hybridized carbons (Fsp3) is 0.0714. The number of hydrogen-bond donors (Lipinski definition) is 2. The maximum atomic E-state index is 10.9. The molecule has 0 heterocycles. The van der Waals surface area contributed by atoms with E-state index in [1.54, 1.807) is 30.3 Å². The highest BCUT2D eigenvalue weighted by molar-refractivity contribution is 5.90. The molecular formula is C14H12O4. The number of benzene rings is 2. The van der Waals surface area contributed by atoms with Gasteiger partial charge in [0.1, 0.15) is 0 Å². The van der Waals surface area contributed by atoms with Crippen molar-refractivity contribution in [3.05, 3.63) is 48.0 Å². The highest BCUT2D eigenvalue weighted by atomic mass is 16.5. The fourth-order valence-corrected chi connectivity index (χ4v) is 1.74. The van der Waals surface area contributed by atoms with Gasteiger partial charge in [0.15, 0.2) is 11.5 Å². The molecule has 0 aliphatic carbocycles. The lowest BCUT2D eigenvalue weighted by atomic mass is 10.0. The van der Waals surface area contributed by atoms with E-state index in [-0.39, 0.29) is 11.3 Å². The third-order valence-electron chi connectivity index (χ3n) is 2.64. The second kappa shape index (κ2) is 4.79. The van der Waals surface area contributed by atoms with Crippen molar-refractivity contribution in [3.8, 4) is 22.6 Å². The summed E-state index contributed by atoms with van der Waals surface area (Å²) in [5.41, 5.74) is 1.35. The first-order valence-electron chi connectivity index (χ1n) is 5.33. The smallest absolute Gasteiger partial charge is 0.335 e. The van der Waals surface area contributed by atoms with Gasteiger partial charge in [0, 0.05) is 5.56 Å². The molecule has 0 radical (unpaired) electrons. The number of aromatic hydroxyl groups is 1. The molecule has 0 aliphatic rings. The second-order valence-electron chi connectivity index (χ2n) is 3.74. The zero-order valence-electron chi connectivity index (χ0n) is 9.75. The fourth-order valence-electron chi connectivity index (χ4n) is 1.74. The van der Waals surface area contributed by atoms with Crippen LogP contribution in [0.4, 0.5) is 0 Å². The van der Waals surface area contributed by atoms with Gasteiger partial charge in [-0.2, -0.15) is 0 Å². The summed E-state index contributed by atoms with van der Waals surface area (Å²) in [4.78, 5) is 10.9. The minimum absolute atomic E-state index is 0.00235. The largest absolute Gasteiger partial charge is 0.504 e. The number of rotatable bonds is 3. The first-order valence-corrected chi connectivity index (χ1v) is 5.33. The third kappa shape index (κ3) is 2.13. The highest BCUT2D eigenvalue weighted by Gasteiger charge is 2.11. The summed E-state index contributed by atoms with van der Waals surface area (Å²) < 4.78 is 5.02. The molecule has 4 nitrogen and oxygen atoms in total. The maximum Gasteiger partial charge on any atom is 0.335 e. The summed E-state index contributed by atoms with van der Waals surface area (Å²) in [6, 6.07) is 11.5. The Morgan fingerprint density at radius 3 is 2.56 bits per heavy atom. The predicted molar refractivity (Wildman–Crippen MR) is 67.1 cm³/mol. The molecular weight excluding hydrogens is 232 g/mol. The van der Waals surface area contributed by atoms with Gasteiger partial charge in [-0.3, -0.25) is 0 Å². The van der Waals surface area contributed by atoms with Gasteiger partial charge in [0.25, 0.3) is 0 Å². The molecule has 0 saturated carbocycles. The Morgan fingerprint density at radius 1 is 1.17 bits per heavy atom. The van der Waals surface area contributed by atoms with Crippen molar-refractivity contribution in [2.24, 2.45) is 0 Å². The minimum Gasteiger partial charge on any atom is -0.504 e. The molecule has 0 bridgehead atoms. The number of phenolic OH excluding ortho intramolecular Hbond substituents is 1. The van der Waals surface area contributed by atoms with Gasteiger partial charge < -0.3 is 14.9 Å². The van der Waals surface area contributed by atoms with Crippen molar-refractivity contribution in [1.82, 2.24) is 0 Å². The lowest BCUT2D eigenvalue weighted by Gasteiger charge is -2.09. The van der Waals surface area contributed by atoms with Crippen LogP contribution in [0, 0.1) is 0 Å². The number of carboxylic acid groups (broad SMARTS) is 1. The van der Waals surface area contributed by atoms with Gasteiger partial charge in [-0.1, -0.05) is 24.3 Å². The normalized spacial score (nSPS) is 10.1. The van der Waals surface area contributed by atoms with Crippen molar-refractivity contribution in [2.45, 2.75) is 0 Å². The molecule has 18 heavy (non-hydrogen) atoms. The SMILES string of the molecule is COc1cccc(-c2cccc(C(=O)O)c2)c1O. The topological polar surface area (TPSA) is 66.8 Å². The standard InChI is InChI=1S/C14H12O4/c1-18-12-7-3-6-11(13(12)15)9-4-2-5-10(8-9)14(16)17/h2-8,15H,1H3,(H,16,17). The van der Waals surface area contributed by atoms with E-state index in [0.717, 1.165) is 0 Å². The van der Waals surface area contributed by atoms with E-state index in [0.29, 0.717) is 16.9 Å². The van der Waals surface area contributed by atoms with Gasteiger partial charge in [-0.05, 0) is 23.8 Å². The van der Waals surface area contributed by atoms with Gasteiger partial charge in [-0.15, -0.1) is 0 Å². The molecule has 2 N–H and O–H groups in total. The maximum absolute atomic E-state index is 10.9. The zero-order valence-corrected chi connectivity index (χ0v) is 9.75. The van der Waals surface area contributed by atoms with Crippen LogP contribution in [0.5, 0.6) is 11.5 Å². The van der Waals surface area contributed by atoms with E-state index in [4.69, 9.17) is 9.84 Å². The Morgan fingerprint density at radius 2 is 1.89 bits per heavy atom. The van der Waals surface area contributed by atoms with Crippen molar-refractivity contribution in [1.29, 1.82) is 0 Å². The van der Waals surface area contributed by atoms with Crippen LogP contribution in [-0.4, -0.2) is 23.3 Å². The average Bonchev–Trinajstić information content (AvgIpc) is 2.39. The molecule has 2 aromatic carbocycles. The lowest BCUT2D eigenvalue weighted by Crippen LogP contribution is -1.96. The number of para-hydroxylation sites is 1. The van der Waals surface area contributed by atoms with E-state index in [2.05, 4.69) is 0 Å². The van der Waals surface area contributed by atoms with Crippen molar-refractivity contribution in [3.63, 3.8) is 0 Å². The Bertz CT molecular complexity index is 590. The van der Waals surface area contributed by atoms with Crippen LogP contribution in [-0.2, 0) is 0 Å². The van der Waals surface area contributed by atoms with Crippen LogP contribution in [0.2, 0.25) is 0 Å². The van der Waals surface area contributed by atoms with Crippen LogP contribution in [0.15, 0.2) is 42.5 Å². The van der Waals surface area contributed by atoms with E-state index in [1.165, 1.54) is 19.2 Å². The number of phenols is 1. The van der Waals surface area contributed by atoms with Gasteiger partial charge in [0.2, 0.25) is 0 Å². The molecule has 0 aliphatic heterocycles. The first-order chi connectivity index (χ1) is 8.63. The monoisotopic (exact) mass is 244 g/mol. The highest BCUT2D eigenvalue weighted by Crippen LogP contribution is 2.36. The Balaban J connectivity index is 2.55. The van der Waals surface area contributed by atoms with Crippen LogP contribution in [0.1, 0.15) is 10.4 Å². The summed E-state index contributed by atoms with van der Waals surface area (Å²) in [6.07, 6.45) is 0. The average molecular weight is 244 g/mol. The Kier molecular flexibility index (Phi) is 3.19. The molecule has 0 amide bonds. The molecule has 4 heteroatoms. The number of methoxy groups -OCH3 is 1. The van der Waals surface area contributed by atoms with Crippen molar-refractivity contribution >= 4 is 5.97 Å². The van der Waals surface area contributed by atoms with Crippen molar-refractivity contribution in [2.75, 3.05) is 7.11 Å². The molecule has 0 fully saturated rings. The minimum atomic E-state index is -1.00. The lowest BCUT2D eigenvalue weighted by molar-refractivity contribution is 0.0697. The molecule has 2 aromatic rings. The molecule has 0 aromatic heterocycles. The Labute approximate surface area is 104 Å². The van der Waals surface area contributed by atoms with Crippen LogP contribution >= 0.6 is 0 Å². The zero-order chi connectivity index (χ0) is 13.1. The number of carboxylic acids is 1. The number of hydrogen-bond acceptors (Lipinski definition) is 3. The van der Waals surface area contributed by atoms with E-state index in [9.17, 15) is 9.90 Å². The molecule has 0 unspecified atom stereocenters. The summed E-state index contributed by atoms with van der Waals surface area (Å²) in [7, 11) is 1.46. The van der Waals surface area contributed by atoms with E-state index >= 15 is 0 Å². The van der Waals surface area contributed by atoms with Crippen LogP contribution < -0.4 is 4.74 Å². The number of ether oxygens (including phenoxy) is 1. The summed E-state index contributed by atoms with van der Waals surface area (Å²) in [5.74, 6) is -0.644. The van der Waals surface area contributed by atoms with Crippen molar-refractivity contribution < 1.29 is 19.7 Å². The van der Waals surface area contributed by atoms with E-state index in [1.807, 2.05) is 0 Å². The Hall–Kier alpha value is -2.49. The van der Waals surface area contributed by atoms with Crippen LogP contribution in [0.3, 0.4) is 0 Å². The number of carbonyl (C=O) groups is 1. The summed E-state index contributed by atoms with van der Waals surface area (Å²) in [6.45, 7) is 0. The van der Waals surface area contributed by atoms with Crippen LogP contribution in [0.25, 0.3) is 11.1 Å². The van der Waals surface area contributed by atoms with E-state index < -0.39 is 5.97 Å². The summed E-state index contributed by atoms with van der Waals surface area (Å²) in [5, 5.41) is 18.9. The number of aromatic carboxylic acids is 1. The molecule has 0 atom stereocenters. The quantitative estimate of drug-likeness (QED) is 0.871. The van der Waals surface area contributed by atoms with Gasteiger partial charge in [0.05, 0.1) is 12.7 Å².